The topological polar surface area (TPSA) is 42.2 Å². The first-order valence-corrected chi connectivity index (χ1v) is 7.83. The number of nitrogens with one attached hydrogen (secondary N) is 1. The standard InChI is InChI=1S/C21H19NO2/c1-15-8-6-9-16(2)20(15)22-21(23)19(14-18-12-7-13-24-18)17-10-4-3-5-11-17/h3-14H,1-2H3,(H,22,23)/b19-14+. The van der Waals surface area contributed by atoms with Crippen molar-refractivity contribution in [3.63, 3.8) is 0 Å². The number of amides is 1. The Kier molecular flexibility index (Phi) is 4.62. The predicted molar refractivity (Wildman–Crippen MR) is 97.6 cm³/mol. The Morgan fingerprint density at radius 2 is 1.62 bits per heavy atom. The summed E-state index contributed by atoms with van der Waals surface area (Å²) in [7, 11) is 0. The van der Waals surface area contributed by atoms with Crippen LogP contribution in [0.2, 0.25) is 0 Å². The maximum atomic E-state index is 12.9. The van der Waals surface area contributed by atoms with E-state index in [0.29, 0.717) is 11.3 Å². The first kappa shape index (κ1) is 15.8. The van der Waals surface area contributed by atoms with Gasteiger partial charge >= 0.3 is 0 Å². The summed E-state index contributed by atoms with van der Waals surface area (Å²) in [5, 5.41) is 3.04. The van der Waals surface area contributed by atoms with Crippen LogP contribution in [0.3, 0.4) is 0 Å². The quantitative estimate of drug-likeness (QED) is 0.682. The first-order chi connectivity index (χ1) is 11.6. The molecule has 0 unspecified atom stereocenters. The highest BCUT2D eigenvalue weighted by Crippen LogP contribution is 2.24. The van der Waals surface area contributed by atoms with Gasteiger partial charge in [-0.1, -0.05) is 48.5 Å². The van der Waals surface area contributed by atoms with Crippen molar-refractivity contribution in [3.8, 4) is 0 Å². The molecular formula is C21H19NO2. The smallest absolute Gasteiger partial charge is 0.256 e. The maximum Gasteiger partial charge on any atom is 0.256 e. The molecule has 0 fully saturated rings. The maximum absolute atomic E-state index is 12.9. The molecule has 24 heavy (non-hydrogen) atoms. The third kappa shape index (κ3) is 3.46. The van der Waals surface area contributed by atoms with Crippen LogP contribution < -0.4 is 5.32 Å². The van der Waals surface area contributed by atoms with Crippen LogP contribution in [0.1, 0.15) is 22.5 Å². The van der Waals surface area contributed by atoms with Crippen molar-refractivity contribution < 1.29 is 9.21 Å². The van der Waals surface area contributed by atoms with Gasteiger partial charge in [-0.2, -0.15) is 0 Å². The van der Waals surface area contributed by atoms with Crippen molar-refractivity contribution >= 4 is 23.2 Å². The number of furan rings is 1. The summed E-state index contributed by atoms with van der Waals surface area (Å²) in [5.74, 6) is 0.487. The Labute approximate surface area is 141 Å². The lowest BCUT2D eigenvalue weighted by Crippen LogP contribution is -2.15. The highest BCUT2D eigenvalue weighted by molar-refractivity contribution is 6.29. The van der Waals surface area contributed by atoms with Gasteiger partial charge in [0.2, 0.25) is 0 Å². The Hall–Kier alpha value is -3.07. The molecular weight excluding hydrogens is 298 g/mol. The Bertz CT molecular complexity index is 842. The van der Waals surface area contributed by atoms with Crippen molar-refractivity contribution in [1.29, 1.82) is 0 Å². The Morgan fingerprint density at radius 3 is 2.25 bits per heavy atom. The number of carbonyl (C=O) groups is 1. The van der Waals surface area contributed by atoms with Crippen LogP contribution in [0, 0.1) is 13.8 Å². The van der Waals surface area contributed by atoms with Gasteiger partial charge in [-0.05, 0) is 48.7 Å². The third-order valence-electron chi connectivity index (χ3n) is 3.88. The van der Waals surface area contributed by atoms with Gasteiger partial charge in [0.1, 0.15) is 5.76 Å². The molecule has 0 aliphatic carbocycles. The SMILES string of the molecule is Cc1cccc(C)c1NC(=O)/C(=C/c1ccco1)c1ccccc1. The molecule has 120 valence electrons. The van der Waals surface area contributed by atoms with Crippen molar-refractivity contribution in [2.75, 3.05) is 5.32 Å². The summed E-state index contributed by atoms with van der Waals surface area (Å²) >= 11 is 0. The highest BCUT2D eigenvalue weighted by Gasteiger charge is 2.15. The summed E-state index contributed by atoms with van der Waals surface area (Å²) in [6, 6.07) is 19.2. The number of anilines is 1. The van der Waals surface area contributed by atoms with E-state index < -0.39 is 0 Å². The third-order valence-corrected chi connectivity index (χ3v) is 3.88. The van der Waals surface area contributed by atoms with E-state index in [1.807, 2.05) is 68.4 Å². The van der Waals surface area contributed by atoms with Crippen LogP contribution in [0.25, 0.3) is 11.6 Å². The van der Waals surface area contributed by atoms with Crippen molar-refractivity contribution in [3.05, 3.63) is 89.4 Å². The van der Waals surface area contributed by atoms with Gasteiger partial charge in [0.05, 0.1) is 11.8 Å². The Balaban J connectivity index is 1.98. The number of rotatable bonds is 4. The van der Waals surface area contributed by atoms with Gasteiger partial charge in [0, 0.05) is 5.69 Å². The zero-order valence-electron chi connectivity index (χ0n) is 13.7. The highest BCUT2D eigenvalue weighted by atomic mass is 16.3. The molecule has 0 spiro atoms. The van der Waals surface area contributed by atoms with Crippen molar-refractivity contribution in [1.82, 2.24) is 0 Å². The van der Waals surface area contributed by atoms with E-state index in [-0.39, 0.29) is 5.91 Å². The second kappa shape index (κ2) is 7.01. The Morgan fingerprint density at radius 1 is 0.917 bits per heavy atom. The number of hydrogen-bond donors (Lipinski definition) is 1. The summed E-state index contributed by atoms with van der Waals surface area (Å²) in [5.41, 5.74) is 4.33. The fourth-order valence-electron chi connectivity index (χ4n) is 2.61. The van der Waals surface area contributed by atoms with E-state index in [9.17, 15) is 4.79 Å². The molecule has 0 bridgehead atoms. The predicted octanol–water partition coefficient (Wildman–Crippen LogP) is 5.08. The summed E-state index contributed by atoms with van der Waals surface area (Å²) in [6.45, 7) is 3.97. The minimum atomic E-state index is -0.157. The molecule has 3 aromatic rings. The fourth-order valence-corrected chi connectivity index (χ4v) is 2.61. The van der Waals surface area contributed by atoms with E-state index in [2.05, 4.69) is 5.32 Å². The molecule has 0 saturated carbocycles. The number of para-hydroxylation sites is 1. The van der Waals surface area contributed by atoms with Crippen LogP contribution >= 0.6 is 0 Å². The van der Waals surface area contributed by atoms with Gasteiger partial charge in [0.15, 0.2) is 0 Å². The lowest BCUT2D eigenvalue weighted by molar-refractivity contribution is -0.111. The molecule has 1 heterocycles. The minimum absolute atomic E-state index is 0.157. The van der Waals surface area contributed by atoms with E-state index >= 15 is 0 Å². The van der Waals surface area contributed by atoms with Gasteiger partial charge in [-0.25, -0.2) is 0 Å². The second-order valence-electron chi connectivity index (χ2n) is 5.66. The van der Waals surface area contributed by atoms with E-state index in [4.69, 9.17) is 4.42 Å². The van der Waals surface area contributed by atoms with Gasteiger partial charge in [-0.15, -0.1) is 0 Å². The van der Waals surface area contributed by atoms with Gasteiger partial charge in [-0.3, -0.25) is 4.79 Å². The van der Waals surface area contributed by atoms with E-state index in [1.165, 1.54) is 0 Å². The van der Waals surface area contributed by atoms with Crippen molar-refractivity contribution in [2.24, 2.45) is 0 Å². The molecule has 0 aliphatic rings. The molecule has 3 rings (SSSR count). The number of benzene rings is 2. The average molecular weight is 317 g/mol. The number of aryl methyl sites for hydroxylation is 2. The molecule has 1 N–H and O–H groups in total. The monoisotopic (exact) mass is 317 g/mol. The summed E-state index contributed by atoms with van der Waals surface area (Å²) in [4.78, 5) is 12.9. The molecule has 3 heteroatoms. The van der Waals surface area contributed by atoms with Crippen LogP contribution in [0.15, 0.2) is 71.3 Å². The lowest BCUT2D eigenvalue weighted by Gasteiger charge is -2.13. The molecule has 3 nitrogen and oxygen atoms in total. The van der Waals surface area contributed by atoms with Crippen LogP contribution in [-0.2, 0) is 4.79 Å². The fraction of sp³-hybridized carbons (Fsp3) is 0.0952. The minimum Gasteiger partial charge on any atom is -0.465 e. The zero-order valence-corrected chi connectivity index (χ0v) is 13.7. The molecule has 0 radical (unpaired) electrons. The normalized spacial score (nSPS) is 11.3. The second-order valence-corrected chi connectivity index (χ2v) is 5.66. The lowest BCUT2D eigenvalue weighted by atomic mass is 10.0. The summed E-state index contributed by atoms with van der Waals surface area (Å²) in [6.07, 6.45) is 3.36. The molecule has 0 saturated heterocycles. The molecule has 0 atom stereocenters. The summed E-state index contributed by atoms with van der Waals surface area (Å²) < 4.78 is 5.38. The van der Waals surface area contributed by atoms with Crippen molar-refractivity contribution in [2.45, 2.75) is 13.8 Å². The van der Waals surface area contributed by atoms with E-state index in [0.717, 1.165) is 22.4 Å². The molecule has 0 aliphatic heterocycles. The zero-order chi connectivity index (χ0) is 16.9. The molecule has 2 aromatic carbocycles. The first-order valence-electron chi connectivity index (χ1n) is 7.83. The largest absolute Gasteiger partial charge is 0.465 e. The average Bonchev–Trinajstić information content (AvgIpc) is 3.10. The van der Waals surface area contributed by atoms with Crippen LogP contribution in [0.5, 0.6) is 0 Å². The van der Waals surface area contributed by atoms with Crippen LogP contribution in [-0.4, -0.2) is 5.91 Å². The van der Waals surface area contributed by atoms with Crippen LogP contribution in [0.4, 0.5) is 5.69 Å². The number of carbonyl (C=O) groups excluding carboxylic acids is 1. The van der Waals surface area contributed by atoms with E-state index in [1.54, 1.807) is 18.4 Å². The molecule has 1 aromatic heterocycles. The van der Waals surface area contributed by atoms with Gasteiger partial charge < -0.3 is 9.73 Å². The van der Waals surface area contributed by atoms with Gasteiger partial charge in [0.25, 0.3) is 5.91 Å². The number of hydrogen-bond acceptors (Lipinski definition) is 2. The molecule has 1 amide bonds.